The van der Waals surface area contributed by atoms with E-state index in [9.17, 15) is 13.6 Å². The Labute approximate surface area is 236 Å². The van der Waals surface area contributed by atoms with Crippen LogP contribution in [0.4, 0.5) is 14.7 Å². The molecule has 0 unspecified atom stereocenters. The van der Waals surface area contributed by atoms with Crippen molar-refractivity contribution in [1.29, 1.82) is 0 Å². The number of ether oxygens (including phenoxy) is 1. The molecule has 214 valence electrons. The first-order chi connectivity index (χ1) is 19.9. The topological polar surface area (TPSA) is 129 Å². The van der Waals surface area contributed by atoms with E-state index in [0.29, 0.717) is 58.5 Å². The number of nitrogens with two attached hydrogens (primary N) is 1. The van der Waals surface area contributed by atoms with Crippen molar-refractivity contribution in [2.75, 3.05) is 38.5 Å². The number of likely N-dealkylation sites (tertiary alicyclic amines) is 1. The number of nitrogen functional groups attached to an aromatic ring is 1. The molecule has 6 heterocycles. The quantitative estimate of drug-likeness (QED) is 0.298. The summed E-state index contributed by atoms with van der Waals surface area (Å²) in [6.45, 7) is 3.30. The molecule has 2 aliphatic heterocycles. The van der Waals surface area contributed by atoms with Crippen LogP contribution in [0.2, 0.25) is 0 Å². The predicted octanol–water partition coefficient (Wildman–Crippen LogP) is 3.05. The lowest BCUT2D eigenvalue weighted by atomic mass is 9.89. The number of thiazole rings is 1. The number of nitrogens with zero attached hydrogens (tertiary/aromatic N) is 6. The number of piperidine rings is 1. The number of benzene rings is 1. The standard InChI is InChI=1S/C27H28F2N8O3S/c28-18-12-16(40-21-14-31-13-19(21)29)3-4-17(18)15-5-7-35(8-6-15)9-10-36-24-22(41-27(36)38)25-32-23(20-2-1-11-39-20)34-37(25)26(30)33-24/h1-4,11-12,15,19,21,31H,5-10,13-14H2,(H2,30,33)/t19-,21+/m1/s1. The summed E-state index contributed by atoms with van der Waals surface area (Å²) in [5.74, 6) is 1.10. The van der Waals surface area contributed by atoms with Crippen LogP contribution in [-0.4, -0.2) is 74.0 Å². The molecule has 2 aliphatic rings. The zero-order valence-corrected chi connectivity index (χ0v) is 22.8. The molecule has 5 aromatic rings. The summed E-state index contributed by atoms with van der Waals surface area (Å²) in [6, 6.07) is 8.35. The number of nitrogens with one attached hydrogen (secondary N) is 1. The number of anilines is 1. The number of hydrogen-bond donors (Lipinski definition) is 2. The molecule has 0 spiro atoms. The average Bonchev–Trinajstić information content (AvgIpc) is 3.76. The summed E-state index contributed by atoms with van der Waals surface area (Å²) < 4.78 is 43.5. The van der Waals surface area contributed by atoms with Crippen LogP contribution < -0.4 is 20.7 Å². The van der Waals surface area contributed by atoms with Gasteiger partial charge < -0.3 is 25.1 Å². The van der Waals surface area contributed by atoms with Gasteiger partial charge in [-0.3, -0.25) is 9.36 Å². The van der Waals surface area contributed by atoms with Gasteiger partial charge in [-0.1, -0.05) is 17.4 Å². The van der Waals surface area contributed by atoms with Gasteiger partial charge in [0, 0.05) is 32.2 Å². The van der Waals surface area contributed by atoms with Crippen molar-refractivity contribution < 1.29 is 17.9 Å². The van der Waals surface area contributed by atoms with Gasteiger partial charge in [0.05, 0.1) is 6.26 Å². The van der Waals surface area contributed by atoms with Crippen LogP contribution in [-0.2, 0) is 6.54 Å². The maximum absolute atomic E-state index is 15.0. The van der Waals surface area contributed by atoms with Crippen molar-refractivity contribution >= 4 is 33.3 Å². The number of fused-ring (bicyclic) bond motifs is 3. The van der Waals surface area contributed by atoms with E-state index in [1.807, 2.05) is 0 Å². The molecule has 1 aromatic carbocycles. The van der Waals surface area contributed by atoms with Crippen molar-refractivity contribution in [3.05, 3.63) is 57.6 Å². The Morgan fingerprint density at radius 1 is 1.15 bits per heavy atom. The normalized spacial score (nSPS) is 20.4. The zero-order chi connectivity index (χ0) is 28.1. The maximum atomic E-state index is 15.0. The third-order valence-electron chi connectivity index (χ3n) is 7.87. The lowest BCUT2D eigenvalue weighted by Crippen LogP contribution is -2.36. The van der Waals surface area contributed by atoms with Gasteiger partial charge in [-0.15, -0.1) is 5.10 Å². The number of rotatable bonds is 7. The van der Waals surface area contributed by atoms with E-state index < -0.39 is 12.3 Å². The van der Waals surface area contributed by atoms with Crippen molar-refractivity contribution in [1.82, 2.24) is 34.4 Å². The van der Waals surface area contributed by atoms with Gasteiger partial charge in [-0.05, 0) is 55.6 Å². The average molecular weight is 583 g/mol. The highest BCUT2D eigenvalue weighted by atomic mass is 32.1. The maximum Gasteiger partial charge on any atom is 0.309 e. The molecule has 4 aromatic heterocycles. The first-order valence-electron chi connectivity index (χ1n) is 13.6. The number of alkyl halides is 1. The molecule has 2 atom stereocenters. The Morgan fingerprint density at radius 2 is 2.00 bits per heavy atom. The van der Waals surface area contributed by atoms with E-state index in [-0.39, 0.29) is 29.1 Å². The van der Waals surface area contributed by atoms with Crippen molar-refractivity contribution in [3.63, 3.8) is 0 Å². The van der Waals surface area contributed by atoms with Gasteiger partial charge in [0.2, 0.25) is 11.8 Å². The molecule has 2 fully saturated rings. The van der Waals surface area contributed by atoms with E-state index in [2.05, 4.69) is 25.3 Å². The van der Waals surface area contributed by atoms with E-state index >= 15 is 0 Å². The molecule has 14 heteroatoms. The number of aromatic nitrogens is 5. The monoisotopic (exact) mass is 582 g/mol. The van der Waals surface area contributed by atoms with Crippen LogP contribution in [0.5, 0.6) is 5.75 Å². The van der Waals surface area contributed by atoms with Crippen LogP contribution in [0.15, 0.2) is 45.8 Å². The SMILES string of the molecule is Nc1nc2c(sc(=O)n2CCN2CCC(c3ccc(O[C@H]4CNC[C@H]4F)cc3F)CC2)c2nc(-c3ccco3)nn12. The lowest BCUT2D eigenvalue weighted by Gasteiger charge is -2.32. The van der Waals surface area contributed by atoms with Gasteiger partial charge in [-0.2, -0.15) is 9.50 Å². The molecular formula is C27H28F2N8O3S. The van der Waals surface area contributed by atoms with E-state index in [1.54, 1.807) is 28.8 Å². The minimum absolute atomic E-state index is 0.0816. The molecule has 0 amide bonds. The molecule has 0 saturated carbocycles. The van der Waals surface area contributed by atoms with Gasteiger partial charge in [0.1, 0.15) is 22.4 Å². The highest BCUT2D eigenvalue weighted by Gasteiger charge is 2.29. The van der Waals surface area contributed by atoms with Gasteiger partial charge >= 0.3 is 4.87 Å². The van der Waals surface area contributed by atoms with Crippen molar-refractivity contribution in [3.8, 4) is 17.3 Å². The first-order valence-corrected chi connectivity index (χ1v) is 14.4. The van der Waals surface area contributed by atoms with E-state index in [0.717, 1.165) is 37.3 Å². The summed E-state index contributed by atoms with van der Waals surface area (Å²) in [5.41, 5.74) is 7.78. The molecule has 2 saturated heterocycles. The van der Waals surface area contributed by atoms with Crippen molar-refractivity contribution in [2.24, 2.45) is 0 Å². The highest BCUT2D eigenvalue weighted by molar-refractivity contribution is 7.17. The van der Waals surface area contributed by atoms with E-state index in [1.165, 1.54) is 16.8 Å². The summed E-state index contributed by atoms with van der Waals surface area (Å²) in [6.07, 6.45) is 1.43. The van der Waals surface area contributed by atoms with Crippen LogP contribution in [0.1, 0.15) is 24.3 Å². The largest absolute Gasteiger partial charge is 0.486 e. The molecule has 3 N–H and O–H groups in total. The van der Waals surface area contributed by atoms with Gasteiger partial charge in [0.25, 0.3) is 0 Å². The summed E-state index contributed by atoms with van der Waals surface area (Å²) >= 11 is 1.07. The molecule has 0 radical (unpaired) electrons. The van der Waals surface area contributed by atoms with Crippen LogP contribution in [0.3, 0.4) is 0 Å². The predicted molar refractivity (Wildman–Crippen MR) is 150 cm³/mol. The molecule has 0 bridgehead atoms. The molecule has 11 nitrogen and oxygen atoms in total. The zero-order valence-electron chi connectivity index (χ0n) is 22.0. The van der Waals surface area contributed by atoms with Gasteiger partial charge in [0.15, 0.2) is 23.2 Å². The van der Waals surface area contributed by atoms with Crippen LogP contribution in [0.25, 0.3) is 27.6 Å². The second-order valence-corrected chi connectivity index (χ2v) is 11.4. The van der Waals surface area contributed by atoms with E-state index in [4.69, 9.17) is 14.9 Å². The minimum Gasteiger partial charge on any atom is -0.486 e. The second-order valence-electron chi connectivity index (χ2n) is 10.4. The number of halogens is 2. The summed E-state index contributed by atoms with van der Waals surface area (Å²) in [5, 5.41) is 7.33. The Kier molecular flexibility index (Phi) is 6.67. The Balaban J connectivity index is 1.01. The third-order valence-corrected chi connectivity index (χ3v) is 8.84. The fraction of sp³-hybridized carbons (Fsp3) is 0.407. The van der Waals surface area contributed by atoms with Crippen LogP contribution >= 0.6 is 11.3 Å². The number of furan rings is 1. The Morgan fingerprint density at radius 3 is 2.73 bits per heavy atom. The van der Waals surface area contributed by atoms with Crippen molar-refractivity contribution in [2.45, 2.75) is 37.6 Å². The summed E-state index contributed by atoms with van der Waals surface area (Å²) in [4.78, 5) is 24.1. The molecular weight excluding hydrogens is 554 g/mol. The first kappa shape index (κ1) is 26.0. The fourth-order valence-corrected chi connectivity index (χ4v) is 6.60. The summed E-state index contributed by atoms with van der Waals surface area (Å²) in [7, 11) is 0. The Bertz CT molecular complexity index is 1760. The third kappa shape index (κ3) is 4.85. The smallest absolute Gasteiger partial charge is 0.309 e. The highest BCUT2D eigenvalue weighted by Crippen LogP contribution is 2.32. The lowest BCUT2D eigenvalue weighted by molar-refractivity contribution is 0.139. The molecule has 41 heavy (non-hydrogen) atoms. The number of hydrogen-bond acceptors (Lipinski definition) is 10. The molecule has 7 rings (SSSR count). The fourth-order valence-electron chi connectivity index (χ4n) is 5.67. The van der Waals surface area contributed by atoms with Gasteiger partial charge in [-0.25, -0.2) is 13.8 Å². The Hall–Kier alpha value is -3.88. The molecule has 0 aliphatic carbocycles. The van der Waals surface area contributed by atoms with Crippen LogP contribution in [0, 0.1) is 5.82 Å². The second kappa shape index (κ2) is 10.5. The minimum atomic E-state index is -1.10.